The third kappa shape index (κ3) is 3.23. The van der Waals surface area contributed by atoms with Gasteiger partial charge >= 0.3 is 0 Å². The molecule has 27 heavy (non-hydrogen) atoms. The quantitative estimate of drug-likeness (QED) is 0.595. The van der Waals surface area contributed by atoms with E-state index in [1.807, 2.05) is 17.5 Å². The molecule has 2 aliphatic carbocycles. The molecule has 0 spiro atoms. The number of fused-ring (bicyclic) bond motifs is 3. The zero-order chi connectivity index (χ0) is 18.2. The number of thiophene rings is 1. The van der Waals surface area contributed by atoms with E-state index in [2.05, 4.69) is 52.5 Å². The number of benzene rings is 1. The van der Waals surface area contributed by atoms with Gasteiger partial charge in [-0.05, 0) is 60.1 Å². The van der Waals surface area contributed by atoms with Gasteiger partial charge in [0.25, 0.3) is 5.91 Å². The van der Waals surface area contributed by atoms with Crippen LogP contribution in [0.4, 0.5) is 0 Å². The van der Waals surface area contributed by atoms with Crippen LogP contribution in [0.5, 0.6) is 0 Å². The topological polar surface area (TPSA) is 36.1 Å². The van der Waals surface area contributed by atoms with Gasteiger partial charge in [0, 0.05) is 30.2 Å². The van der Waals surface area contributed by atoms with E-state index < -0.39 is 0 Å². The number of amides is 1. The highest BCUT2D eigenvalue weighted by Gasteiger charge is 2.37. The molecule has 0 aliphatic heterocycles. The average Bonchev–Trinajstić information content (AvgIpc) is 3.49. The first-order valence-electron chi connectivity index (χ1n) is 9.84. The van der Waals surface area contributed by atoms with E-state index in [0.29, 0.717) is 11.8 Å². The second-order valence-corrected chi connectivity index (χ2v) is 8.83. The lowest BCUT2D eigenvalue weighted by atomic mass is 9.93. The van der Waals surface area contributed by atoms with E-state index in [9.17, 15) is 4.79 Å². The van der Waals surface area contributed by atoms with Crippen LogP contribution in [-0.4, -0.2) is 28.9 Å². The second-order valence-electron chi connectivity index (χ2n) is 7.88. The number of carbonyl (C=O) groups excluding carboxylic acids is 1. The number of carbonyl (C=O) groups is 1. The van der Waals surface area contributed by atoms with E-state index in [0.717, 1.165) is 30.3 Å². The highest BCUT2D eigenvalue weighted by atomic mass is 32.1. The molecule has 1 N–H and O–H groups in total. The van der Waals surface area contributed by atoms with Crippen molar-refractivity contribution in [2.45, 2.75) is 19.3 Å². The van der Waals surface area contributed by atoms with Crippen LogP contribution in [0, 0.1) is 17.8 Å². The van der Waals surface area contributed by atoms with Crippen LogP contribution in [0.15, 0.2) is 60.1 Å². The highest BCUT2D eigenvalue weighted by molar-refractivity contribution is 7.12. The molecule has 0 saturated heterocycles. The molecule has 1 amide bonds. The van der Waals surface area contributed by atoms with Crippen molar-refractivity contribution in [3.8, 4) is 0 Å². The van der Waals surface area contributed by atoms with Crippen LogP contribution in [0.25, 0.3) is 10.9 Å². The number of nitrogens with zero attached hydrogens (tertiary/aromatic N) is 1. The number of hydrogen-bond acceptors (Lipinski definition) is 2. The lowest BCUT2D eigenvalue weighted by Gasteiger charge is -2.28. The molecule has 1 fully saturated rings. The molecule has 0 radical (unpaired) electrons. The Bertz CT molecular complexity index is 971. The monoisotopic (exact) mass is 376 g/mol. The summed E-state index contributed by atoms with van der Waals surface area (Å²) in [6.07, 6.45) is 10.3. The standard InChI is InChI=1S/C23H24N2OS/c26-23(22-6-3-11-27-22)25(15-19-13-16-7-8-17(19)12-16)10-9-18-14-24-21-5-2-1-4-20(18)21/h1-8,11,14,16-17,19,24H,9-10,12-13,15H2. The Morgan fingerprint density at radius 1 is 1.15 bits per heavy atom. The summed E-state index contributed by atoms with van der Waals surface area (Å²) in [5.41, 5.74) is 2.46. The van der Waals surface area contributed by atoms with Gasteiger partial charge in [-0.25, -0.2) is 0 Å². The van der Waals surface area contributed by atoms with Gasteiger partial charge in [-0.15, -0.1) is 11.3 Å². The van der Waals surface area contributed by atoms with Crippen molar-refractivity contribution < 1.29 is 4.79 Å². The van der Waals surface area contributed by atoms with Gasteiger partial charge < -0.3 is 9.88 Å². The van der Waals surface area contributed by atoms with E-state index in [4.69, 9.17) is 0 Å². The predicted octanol–water partition coefficient (Wildman–Crippen LogP) is 5.13. The minimum Gasteiger partial charge on any atom is -0.361 e. The minimum atomic E-state index is 0.191. The third-order valence-corrected chi connectivity index (χ3v) is 7.07. The first kappa shape index (κ1) is 16.8. The van der Waals surface area contributed by atoms with Crippen molar-refractivity contribution >= 4 is 28.1 Å². The van der Waals surface area contributed by atoms with Crippen molar-refractivity contribution in [2.75, 3.05) is 13.1 Å². The van der Waals surface area contributed by atoms with Crippen LogP contribution in [0.2, 0.25) is 0 Å². The third-order valence-electron chi connectivity index (χ3n) is 6.22. The summed E-state index contributed by atoms with van der Waals surface area (Å²) in [5, 5.41) is 3.26. The zero-order valence-electron chi connectivity index (χ0n) is 15.3. The molecule has 2 aliphatic rings. The Morgan fingerprint density at radius 3 is 2.85 bits per heavy atom. The van der Waals surface area contributed by atoms with Gasteiger partial charge in [0.2, 0.25) is 0 Å². The fraction of sp³-hybridized carbons (Fsp3) is 0.348. The highest BCUT2D eigenvalue weighted by Crippen LogP contribution is 2.43. The average molecular weight is 377 g/mol. The molecular formula is C23H24N2OS. The molecule has 1 aromatic carbocycles. The van der Waals surface area contributed by atoms with E-state index >= 15 is 0 Å². The van der Waals surface area contributed by atoms with Gasteiger partial charge in [0.15, 0.2) is 0 Å². The van der Waals surface area contributed by atoms with Gasteiger partial charge in [-0.3, -0.25) is 4.79 Å². The summed E-state index contributed by atoms with van der Waals surface area (Å²) >= 11 is 1.55. The van der Waals surface area contributed by atoms with Crippen LogP contribution in [0.1, 0.15) is 28.1 Å². The molecule has 5 rings (SSSR count). The molecule has 138 valence electrons. The lowest BCUT2D eigenvalue weighted by Crippen LogP contribution is -2.37. The molecular weight excluding hydrogens is 352 g/mol. The first-order chi connectivity index (χ1) is 13.3. The van der Waals surface area contributed by atoms with E-state index in [1.165, 1.54) is 29.3 Å². The van der Waals surface area contributed by atoms with Crippen molar-refractivity contribution in [1.82, 2.24) is 9.88 Å². The number of rotatable bonds is 6. The maximum Gasteiger partial charge on any atom is 0.263 e. The number of aromatic nitrogens is 1. The number of aromatic amines is 1. The lowest BCUT2D eigenvalue weighted by molar-refractivity contribution is 0.0726. The zero-order valence-corrected chi connectivity index (χ0v) is 16.1. The predicted molar refractivity (Wildman–Crippen MR) is 111 cm³/mol. The molecule has 2 bridgehead atoms. The maximum atomic E-state index is 13.1. The van der Waals surface area contributed by atoms with Crippen LogP contribution >= 0.6 is 11.3 Å². The summed E-state index contributed by atoms with van der Waals surface area (Å²) in [6.45, 7) is 1.65. The Morgan fingerprint density at radius 2 is 2.07 bits per heavy atom. The fourth-order valence-electron chi connectivity index (χ4n) is 4.81. The Hall–Kier alpha value is -2.33. The molecule has 3 unspecified atom stereocenters. The molecule has 2 aromatic heterocycles. The van der Waals surface area contributed by atoms with Crippen molar-refractivity contribution in [3.63, 3.8) is 0 Å². The molecule has 3 aromatic rings. The Labute approximate surface area is 163 Å². The van der Waals surface area contributed by atoms with Gasteiger partial charge in [0.1, 0.15) is 0 Å². The number of para-hydroxylation sites is 1. The summed E-state index contributed by atoms with van der Waals surface area (Å²) in [4.78, 5) is 19.4. The molecule has 3 nitrogen and oxygen atoms in total. The van der Waals surface area contributed by atoms with E-state index in [-0.39, 0.29) is 5.91 Å². The Kier molecular flexibility index (Phi) is 4.36. The summed E-state index contributed by atoms with van der Waals surface area (Å²) < 4.78 is 0. The molecule has 4 heteroatoms. The molecule has 2 heterocycles. The minimum absolute atomic E-state index is 0.191. The summed E-state index contributed by atoms with van der Waals surface area (Å²) in [7, 11) is 0. The van der Waals surface area contributed by atoms with Crippen LogP contribution < -0.4 is 0 Å². The second kappa shape index (κ2) is 7.01. The molecule has 1 saturated carbocycles. The maximum absolute atomic E-state index is 13.1. The van der Waals surface area contributed by atoms with E-state index in [1.54, 1.807) is 11.3 Å². The fourth-order valence-corrected chi connectivity index (χ4v) is 5.50. The summed E-state index contributed by atoms with van der Waals surface area (Å²) in [6, 6.07) is 12.3. The number of allylic oxidation sites excluding steroid dienone is 2. The smallest absolute Gasteiger partial charge is 0.263 e. The molecule has 3 atom stereocenters. The first-order valence-corrected chi connectivity index (χ1v) is 10.7. The number of hydrogen-bond donors (Lipinski definition) is 1. The largest absolute Gasteiger partial charge is 0.361 e. The summed E-state index contributed by atoms with van der Waals surface area (Å²) in [5.74, 6) is 2.22. The van der Waals surface area contributed by atoms with Crippen LogP contribution in [-0.2, 0) is 6.42 Å². The van der Waals surface area contributed by atoms with Gasteiger partial charge in [0.05, 0.1) is 4.88 Å². The normalized spacial score (nSPS) is 23.3. The van der Waals surface area contributed by atoms with Gasteiger partial charge in [-0.2, -0.15) is 0 Å². The van der Waals surface area contributed by atoms with Crippen molar-refractivity contribution in [1.29, 1.82) is 0 Å². The van der Waals surface area contributed by atoms with Crippen LogP contribution in [0.3, 0.4) is 0 Å². The number of H-pyrrole nitrogens is 1. The van der Waals surface area contributed by atoms with Gasteiger partial charge in [-0.1, -0.05) is 36.4 Å². The van der Waals surface area contributed by atoms with Crippen molar-refractivity contribution in [2.24, 2.45) is 17.8 Å². The Balaban J connectivity index is 1.34. The number of nitrogens with one attached hydrogen (secondary N) is 1. The van der Waals surface area contributed by atoms with Crippen molar-refractivity contribution in [3.05, 3.63) is 70.6 Å². The SMILES string of the molecule is O=C(c1cccs1)N(CCc1c[nH]c2ccccc12)CC1CC2C=CC1C2.